The molecule has 0 saturated carbocycles. The highest BCUT2D eigenvalue weighted by Crippen LogP contribution is 2.37. The first kappa shape index (κ1) is 12.9. The lowest BCUT2D eigenvalue weighted by atomic mass is 10.0. The van der Waals surface area contributed by atoms with Crippen LogP contribution in [0.1, 0.15) is 17.2 Å². The Hall–Kier alpha value is -2.07. The van der Waals surface area contributed by atoms with Crippen molar-refractivity contribution in [2.75, 3.05) is 18.6 Å². The Morgan fingerprint density at radius 3 is 2.65 bits per heavy atom. The van der Waals surface area contributed by atoms with Gasteiger partial charge >= 0.3 is 0 Å². The summed E-state index contributed by atoms with van der Waals surface area (Å²) in [6, 6.07) is 12.8. The normalized spacial score (nSPS) is 17.1. The van der Waals surface area contributed by atoms with Gasteiger partial charge in [-0.3, -0.25) is 0 Å². The summed E-state index contributed by atoms with van der Waals surface area (Å²) in [4.78, 5) is 2.20. The second kappa shape index (κ2) is 5.13. The number of anilines is 1. The van der Waals surface area contributed by atoms with Crippen LogP contribution in [0.2, 0.25) is 0 Å². The fourth-order valence-corrected chi connectivity index (χ4v) is 2.78. The van der Waals surface area contributed by atoms with Gasteiger partial charge < -0.3 is 15.4 Å². The summed E-state index contributed by atoms with van der Waals surface area (Å²) in [6.07, 6.45) is 0. The first-order valence-electron chi connectivity index (χ1n) is 6.62. The van der Waals surface area contributed by atoms with Crippen LogP contribution >= 0.6 is 0 Å². The van der Waals surface area contributed by atoms with Crippen LogP contribution in [0.3, 0.4) is 0 Å². The van der Waals surface area contributed by atoms with Crippen LogP contribution in [0.25, 0.3) is 0 Å². The Morgan fingerprint density at radius 1 is 1.25 bits per heavy atom. The zero-order chi connectivity index (χ0) is 14.1. The highest BCUT2D eigenvalue weighted by molar-refractivity contribution is 5.56. The number of rotatable bonds is 3. The van der Waals surface area contributed by atoms with Gasteiger partial charge in [0.05, 0.1) is 13.2 Å². The summed E-state index contributed by atoms with van der Waals surface area (Å²) in [5.41, 5.74) is 9.09. The second-order valence-corrected chi connectivity index (χ2v) is 4.92. The van der Waals surface area contributed by atoms with Gasteiger partial charge in [0.2, 0.25) is 0 Å². The van der Waals surface area contributed by atoms with Crippen molar-refractivity contribution in [2.24, 2.45) is 5.73 Å². The zero-order valence-corrected chi connectivity index (χ0v) is 11.3. The fourth-order valence-electron chi connectivity index (χ4n) is 2.78. The molecule has 0 amide bonds. The molecule has 0 saturated heterocycles. The molecule has 0 bridgehead atoms. The number of ether oxygens (including phenoxy) is 1. The molecule has 1 unspecified atom stereocenters. The van der Waals surface area contributed by atoms with Crippen LogP contribution in [0, 0.1) is 5.82 Å². The van der Waals surface area contributed by atoms with Gasteiger partial charge in [0.25, 0.3) is 0 Å². The van der Waals surface area contributed by atoms with Crippen LogP contribution in [0.15, 0.2) is 42.5 Å². The van der Waals surface area contributed by atoms with E-state index in [0.717, 1.165) is 29.1 Å². The zero-order valence-electron chi connectivity index (χ0n) is 11.3. The monoisotopic (exact) mass is 272 g/mol. The van der Waals surface area contributed by atoms with E-state index in [4.69, 9.17) is 10.5 Å². The maximum Gasteiger partial charge on any atom is 0.123 e. The summed E-state index contributed by atoms with van der Waals surface area (Å²) >= 11 is 0. The quantitative estimate of drug-likeness (QED) is 0.933. The van der Waals surface area contributed by atoms with E-state index in [0.29, 0.717) is 6.54 Å². The van der Waals surface area contributed by atoms with Crippen LogP contribution in [-0.2, 0) is 6.54 Å². The maximum absolute atomic E-state index is 13.4. The molecule has 2 N–H and O–H groups in total. The van der Waals surface area contributed by atoms with E-state index in [1.807, 2.05) is 30.3 Å². The highest BCUT2D eigenvalue weighted by Gasteiger charge is 2.29. The van der Waals surface area contributed by atoms with E-state index in [2.05, 4.69) is 4.90 Å². The molecule has 0 fully saturated rings. The number of fused-ring (bicyclic) bond motifs is 1. The van der Waals surface area contributed by atoms with E-state index < -0.39 is 0 Å². The molecule has 1 aliphatic heterocycles. The molecule has 0 aromatic heterocycles. The summed E-state index contributed by atoms with van der Waals surface area (Å²) in [6.45, 7) is 1.21. The lowest BCUT2D eigenvalue weighted by Gasteiger charge is -2.26. The van der Waals surface area contributed by atoms with Crippen molar-refractivity contribution in [3.63, 3.8) is 0 Å². The first-order valence-corrected chi connectivity index (χ1v) is 6.62. The summed E-state index contributed by atoms with van der Waals surface area (Å²) in [7, 11) is 1.65. The van der Waals surface area contributed by atoms with Crippen LogP contribution in [0.4, 0.5) is 10.1 Å². The molecule has 4 heteroatoms. The lowest BCUT2D eigenvalue weighted by molar-refractivity contribution is 0.415. The van der Waals surface area contributed by atoms with Gasteiger partial charge in [-0.1, -0.05) is 6.07 Å². The van der Waals surface area contributed by atoms with Crippen molar-refractivity contribution in [3.05, 3.63) is 59.4 Å². The van der Waals surface area contributed by atoms with E-state index in [-0.39, 0.29) is 11.9 Å². The molecule has 20 heavy (non-hydrogen) atoms. The maximum atomic E-state index is 13.4. The average Bonchev–Trinajstić information content (AvgIpc) is 2.85. The molecule has 1 heterocycles. The van der Waals surface area contributed by atoms with Gasteiger partial charge in [-0.25, -0.2) is 4.39 Å². The molecule has 2 aromatic rings. The number of methoxy groups -OCH3 is 1. The predicted octanol–water partition coefficient (Wildman–Crippen LogP) is 2.85. The van der Waals surface area contributed by atoms with Crippen molar-refractivity contribution in [1.82, 2.24) is 0 Å². The minimum atomic E-state index is -0.209. The molecule has 104 valence electrons. The van der Waals surface area contributed by atoms with Crippen LogP contribution in [-0.4, -0.2) is 13.7 Å². The van der Waals surface area contributed by atoms with Gasteiger partial charge in [0.1, 0.15) is 11.6 Å². The number of hydrogen-bond donors (Lipinski definition) is 1. The van der Waals surface area contributed by atoms with E-state index >= 15 is 0 Å². The van der Waals surface area contributed by atoms with Crippen molar-refractivity contribution < 1.29 is 9.13 Å². The summed E-state index contributed by atoms with van der Waals surface area (Å²) < 4.78 is 18.6. The molecule has 1 atom stereocenters. The number of halogens is 1. The minimum absolute atomic E-state index is 0.0223. The molecule has 0 aliphatic carbocycles. The molecular weight excluding hydrogens is 255 g/mol. The van der Waals surface area contributed by atoms with Gasteiger partial charge in [0, 0.05) is 18.8 Å². The van der Waals surface area contributed by atoms with Crippen molar-refractivity contribution in [2.45, 2.75) is 12.6 Å². The SMILES string of the molecule is COc1ccc(N2Cc3ccc(F)cc3C2CN)cc1. The fraction of sp³-hybridized carbons (Fsp3) is 0.250. The molecule has 0 radical (unpaired) electrons. The third kappa shape index (κ3) is 2.12. The number of hydrogen-bond acceptors (Lipinski definition) is 3. The third-order valence-corrected chi connectivity index (χ3v) is 3.81. The Labute approximate surface area is 117 Å². The molecule has 3 nitrogen and oxygen atoms in total. The number of nitrogens with two attached hydrogens (primary N) is 1. The Kier molecular flexibility index (Phi) is 3.32. The molecule has 0 spiro atoms. The largest absolute Gasteiger partial charge is 0.497 e. The van der Waals surface area contributed by atoms with E-state index in [9.17, 15) is 4.39 Å². The number of nitrogens with zero attached hydrogens (tertiary/aromatic N) is 1. The van der Waals surface area contributed by atoms with Gasteiger partial charge in [-0.05, 0) is 47.5 Å². The highest BCUT2D eigenvalue weighted by atomic mass is 19.1. The minimum Gasteiger partial charge on any atom is -0.497 e. The van der Waals surface area contributed by atoms with Gasteiger partial charge in [0.15, 0.2) is 0 Å². The lowest BCUT2D eigenvalue weighted by Crippen LogP contribution is -2.27. The average molecular weight is 272 g/mol. The third-order valence-electron chi connectivity index (χ3n) is 3.81. The standard InChI is InChI=1S/C16H17FN2O/c1-20-14-6-4-13(5-7-14)19-10-11-2-3-12(17)8-15(11)16(19)9-18/h2-8,16H,9-10,18H2,1H3. The Bertz CT molecular complexity index is 612. The molecule has 3 rings (SSSR count). The van der Waals surface area contributed by atoms with E-state index in [1.165, 1.54) is 6.07 Å². The first-order chi connectivity index (χ1) is 9.72. The molecule has 2 aromatic carbocycles. The topological polar surface area (TPSA) is 38.5 Å². The van der Waals surface area contributed by atoms with Gasteiger partial charge in [-0.15, -0.1) is 0 Å². The van der Waals surface area contributed by atoms with E-state index in [1.54, 1.807) is 13.2 Å². The van der Waals surface area contributed by atoms with Crippen LogP contribution < -0.4 is 15.4 Å². The number of benzene rings is 2. The summed E-state index contributed by atoms with van der Waals surface area (Å²) in [5, 5.41) is 0. The van der Waals surface area contributed by atoms with Crippen molar-refractivity contribution in [1.29, 1.82) is 0 Å². The van der Waals surface area contributed by atoms with Gasteiger partial charge in [-0.2, -0.15) is 0 Å². The van der Waals surface area contributed by atoms with Crippen LogP contribution in [0.5, 0.6) is 5.75 Å². The molecule has 1 aliphatic rings. The predicted molar refractivity (Wildman–Crippen MR) is 77.4 cm³/mol. The second-order valence-electron chi connectivity index (χ2n) is 4.92. The Morgan fingerprint density at radius 2 is 2.00 bits per heavy atom. The molecular formula is C16H17FN2O. The van der Waals surface area contributed by atoms with Crippen molar-refractivity contribution >= 4 is 5.69 Å². The van der Waals surface area contributed by atoms with Crippen molar-refractivity contribution in [3.8, 4) is 5.75 Å². The Balaban J connectivity index is 1.95. The summed E-state index contributed by atoms with van der Waals surface area (Å²) in [5.74, 6) is 0.611. The smallest absolute Gasteiger partial charge is 0.123 e.